The Morgan fingerprint density at radius 1 is 0.788 bits per heavy atom. The van der Waals surface area contributed by atoms with Gasteiger partial charge in [-0.3, -0.25) is 4.79 Å². The summed E-state index contributed by atoms with van der Waals surface area (Å²) in [5.41, 5.74) is 3.41. The van der Waals surface area contributed by atoms with Crippen molar-refractivity contribution in [3.8, 4) is 0 Å². The van der Waals surface area contributed by atoms with Crippen molar-refractivity contribution in [2.24, 2.45) is 21.1 Å². The second-order valence-electron chi connectivity index (χ2n) is 10.0. The van der Waals surface area contributed by atoms with Gasteiger partial charge in [0.15, 0.2) is 5.78 Å². The summed E-state index contributed by atoms with van der Waals surface area (Å²) in [5.74, 6) is 0.0619. The summed E-state index contributed by atoms with van der Waals surface area (Å²) < 4.78 is 0. The van der Waals surface area contributed by atoms with Gasteiger partial charge in [0.05, 0.1) is 10.0 Å². The zero-order chi connectivity index (χ0) is 24.6. The maximum absolute atomic E-state index is 13.4. The average molecular weight is 502 g/mol. The van der Waals surface area contributed by atoms with Crippen molar-refractivity contribution in [3.05, 3.63) is 92.0 Å². The molecule has 0 saturated heterocycles. The van der Waals surface area contributed by atoms with Gasteiger partial charge in [-0.05, 0) is 35.1 Å². The monoisotopic (exact) mass is 500 g/mol. The topological polar surface area (TPSA) is 41.8 Å². The van der Waals surface area contributed by atoms with E-state index in [4.69, 9.17) is 34.8 Å². The van der Waals surface area contributed by atoms with Crippen molar-refractivity contribution >= 4 is 52.0 Å². The van der Waals surface area contributed by atoms with Crippen LogP contribution in [0.3, 0.4) is 0 Å². The molecular weight excluding hydrogens is 475 g/mol. The Morgan fingerprint density at radius 3 is 1.73 bits per heavy atom. The molecule has 1 aliphatic rings. The smallest absolute Gasteiger partial charge is 0.186 e. The fourth-order valence-corrected chi connectivity index (χ4v) is 4.38. The standard InChI is InChI=1S/C27H27Cl3N2O/c1-26(2,3)19-12-17(13-20(25(19)33)27(4,5)6)23(16-10-8-7-9-11-16)31-32-24-21(29)14-18(28)15-22(24)30/h7-15H,1-6H3. The normalized spacial score (nSPS) is 15.1. The van der Waals surface area contributed by atoms with Crippen LogP contribution in [0.25, 0.3) is 5.70 Å². The van der Waals surface area contributed by atoms with Crippen LogP contribution in [0.4, 0.5) is 5.69 Å². The van der Waals surface area contributed by atoms with Crippen molar-refractivity contribution in [2.45, 2.75) is 41.5 Å². The Bertz CT molecular complexity index is 1150. The number of allylic oxidation sites excluding steroid dienone is 5. The van der Waals surface area contributed by atoms with E-state index in [2.05, 4.69) is 10.2 Å². The fraction of sp³-hybridized carbons (Fsp3) is 0.296. The van der Waals surface area contributed by atoms with Crippen molar-refractivity contribution in [3.63, 3.8) is 0 Å². The molecule has 0 aliphatic heterocycles. The van der Waals surface area contributed by atoms with Crippen LogP contribution in [-0.4, -0.2) is 5.78 Å². The molecule has 0 spiro atoms. The number of nitrogens with zero attached hydrogens (tertiary/aromatic N) is 2. The predicted molar refractivity (Wildman–Crippen MR) is 139 cm³/mol. The number of Topliss-reactive ketones (excluding diaryl/α,β-unsaturated/α-hetero) is 1. The lowest BCUT2D eigenvalue weighted by Crippen LogP contribution is -2.28. The minimum atomic E-state index is -0.338. The second-order valence-corrected chi connectivity index (χ2v) is 11.3. The predicted octanol–water partition coefficient (Wildman–Crippen LogP) is 9.67. The molecule has 0 fully saturated rings. The van der Waals surface area contributed by atoms with Crippen molar-refractivity contribution < 1.29 is 4.79 Å². The van der Waals surface area contributed by atoms with E-state index in [1.165, 1.54) is 0 Å². The molecule has 0 heterocycles. The third-order valence-electron chi connectivity index (χ3n) is 5.26. The van der Waals surface area contributed by atoms with Crippen LogP contribution in [-0.2, 0) is 4.79 Å². The van der Waals surface area contributed by atoms with Gasteiger partial charge in [-0.15, -0.1) is 10.2 Å². The second kappa shape index (κ2) is 9.58. The lowest BCUT2D eigenvalue weighted by atomic mass is 9.71. The molecule has 0 bridgehead atoms. The highest BCUT2D eigenvalue weighted by molar-refractivity contribution is 6.41. The first-order valence-electron chi connectivity index (χ1n) is 10.6. The fourth-order valence-electron chi connectivity index (χ4n) is 3.49. The quantitative estimate of drug-likeness (QED) is 0.386. The molecule has 3 rings (SSSR count). The average Bonchev–Trinajstić information content (AvgIpc) is 2.69. The largest absolute Gasteiger partial charge is 0.289 e. The zero-order valence-electron chi connectivity index (χ0n) is 19.6. The first-order valence-corrected chi connectivity index (χ1v) is 11.8. The van der Waals surface area contributed by atoms with Crippen LogP contribution in [0.5, 0.6) is 0 Å². The third kappa shape index (κ3) is 5.84. The lowest BCUT2D eigenvalue weighted by molar-refractivity contribution is -0.114. The van der Waals surface area contributed by atoms with E-state index >= 15 is 0 Å². The Morgan fingerprint density at radius 2 is 1.27 bits per heavy atom. The summed E-state index contributed by atoms with van der Waals surface area (Å²) in [6.07, 6.45) is 3.84. The minimum absolute atomic E-state index is 0.0619. The van der Waals surface area contributed by atoms with Gasteiger partial charge >= 0.3 is 0 Å². The minimum Gasteiger partial charge on any atom is -0.289 e. The van der Waals surface area contributed by atoms with Crippen LogP contribution in [0.2, 0.25) is 15.1 Å². The number of azo groups is 1. The van der Waals surface area contributed by atoms with Gasteiger partial charge in [-0.25, -0.2) is 0 Å². The van der Waals surface area contributed by atoms with E-state index in [1.807, 2.05) is 84.0 Å². The van der Waals surface area contributed by atoms with E-state index in [0.29, 0.717) is 26.5 Å². The molecule has 6 heteroatoms. The molecule has 0 aromatic heterocycles. The third-order valence-corrected chi connectivity index (χ3v) is 6.05. The van der Waals surface area contributed by atoms with Crippen LogP contribution in [0.1, 0.15) is 47.1 Å². The maximum Gasteiger partial charge on any atom is 0.186 e. The van der Waals surface area contributed by atoms with Crippen LogP contribution in [0, 0.1) is 10.8 Å². The van der Waals surface area contributed by atoms with E-state index in [9.17, 15) is 4.79 Å². The summed E-state index contributed by atoms with van der Waals surface area (Å²) in [6.45, 7) is 12.2. The summed E-state index contributed by atoms with van der Waals surface area (Å²) in [6, 6.07) is 12.9. The van der Waals surface area contributed by atoms with Gasteiger partial charge in [0, 0.05) is 27.3 Å². The van der Waals surface area contributed by atoms with E-state index in [-0.39, 0.29) is 16.6 Å². The highest BCUT2D eigenvalue weighted by Crippen LogP contribution is 2.42. The highest BCUT2D eigenvalue weighted by atomic mass is 35.5. The molecule has 2 aromatic rings. The molecule has 0 N–H and O–H groups in total. The first kappa shape index (κ1) is 25.4. The molecule has 33 heavy (non-hydrogen) atoms. The van der Waals surface area contributed by atoms with Crippen LogP contribution < -0.4 is 0 Å². The molecule has 0 radical (unpaired) electrons. The van der Waals surface area contributed by atoms with Gasteiger partial charge in [0.2, 0.25) is 0 Å². The summed E-state index contributed by atoms with van der Waals surface area (Å²) in [7, 11) is 0. The molecule has 0 saturated carbocycles. The van der Waals surface area contributed by atoms with Crippen LogP contribution >= 0.6 is 34.8 Å². The van der Waals surface area contributed by atoms with Gasteiger partial charge in [0.1, 0.15) is 11.4 Å². The summed E-state index contributed by atoms with van der Waals surface area (Å²) in [4.78, 5) is 13.4. The van der Waals surface area contributed by atoms with E-state index in [1.54, 1.807) is 12.1 Å². The van der Waals surface area contributed by atoms with Gasteiger partial charge in [-0.2, -0.15) is 0 Å². The molecule has 172 valence electrons. The summed E-state index contributed by atoms with van der Waals surface area (Å²) in [5, 5.41) is 10.0. The van der Waals surface area contributed by atoms with Crippen molar-refractivity contribution in [2.75, 3.05) is 0 Å². The molecular formula is C27H27Cl3N2O. The number of carbonyl (C=O) groups is 1. The molecule has 0 unspecified atom stereocenters. The number of carbonyl (C=O) groups excluding carboxylic acids is 1. The number of ketones is 1. The number of hydrogen-bond acceptors (Lipinski definition) is 3. The molecule has 0 amide bonds. The molecule has 1 aliphatic carbocycles. The number of hydrogen-bond donors (Lipinski definition) is 0. The molecule has 0 atom stereocenters. The van der Waals surface area contributed by atoms with Crippen molar-refractivity contribution in [1.29, 1.82) is 0 Å². The maximum atomic E-state index is 13.4. The van der Waals surface area contributed by atoms with Crippen molar-refractivity contribution in [1.82, 2.24) is 0 Å². The highest BCUT2D eigenvalue weighted by Gasteiger charge is 2.34. The molecule has 2 aromatic carbocycles. The van der Waals surface area contributed by atoms with Gasteiger partial charge in [-0.1, -0.05) is 107 Å². The van der Waals surface area contributed by atoms with Gasteiger partial charge in [0.25, 0.3) is 0 Å². The summed E-state index contributed by atoms with van der Waals surface area (Å²) >= 11 is 18.7. The van der Waals surface area contributed by atoms with Gasteiger partial charge < -0.3 is 0 Å². The SMILES string of the molecule is CC(C)(C)C1=CC(=C(N=Nc2c(Cl)cc(Cl)cc2Cl)c2ccccc2)C=C(C(C)(C)C)C1=O. The Labute approximate surface area is 210 Å². The zero-order valence-corrected chi connectivity index (χ0v) is 21.9. The lowest BCUT2D eigenvalue weighted by Gasteiger charge is -2.31. The number of benzene rings is 2. The number of halogens is 3. The van der Waals surface area contributed by atoms with E-state index in [0.717, 1.165) is 22.3 Å². The van der Waals surface area contributed by atoms with E-state index < -0.39 is 0 Å². The Balaban J connectivity index is 2.31. The Kier molecular flexibility index (Phi) is 7.38. The number of rotatable bonds is 3. The Hall–Kier alpha value is -2.20. The molecule has 3 nitrogen and oxygen atoms in total. The van der Waals surface area contributed by atoms with Crippen LogP contribution in [0.15, 0.2) is 81.6 Å². The first-order chi connectivity index (χ1) is 15.3.